The van der Waals surface area contributed by atoms with Crippen molar-refractivity contribution in [3.63, 3.8) is 0 Å². The second-order valence-electron chi connectivity index (χ2n) is 15.7. The molecule has 4 aromatic rings. The molecular formula is C43H53N5O9S. The highest BCUT2D eigenvalue weighted by atomic mass is 32.2. The molecule has 4 atom stereocenters. The first kappa shape index (κ1) is 43.4. The highest BCUT2D eigenvalue weighted by Crippen LogP contribution is 2.35. The van der Waals surface area contributed by atoms with E-state index in [4.69, 9.17) is 19.2 Å². The van der Waals surface area contributed by atoms with Gasteiger partial charge in [0.15, 0.2) is 0 Å². The zero-order valence-corrected chi connectivity index (χ0v) is 34.8. The number of likely N-dealkylation sites (tertiary alicyclic amines) is 1. The number of pyridine rings is 1. The van der Waals surface area contributed by atoms with Gasteiger partial charge in [-0.1, -0.05) is 87.9 Å². The first-order valence-corrected chi connectivity index (χ1v) is 21.0. The molecule has 3 aromatic carbocycles. The fraction of sp³-hybridized carbons (Fsp3) is 0.419. The number of aromatic nitrogens is 1. The molecule has 15 heteroatoms. The molecule has 2 heterocycles. The van der Waals surface area contributed by atoms with Crippen molar-refractivity contribution in [1.29, 1.82) is 0 Å². The van der Waals surface area contributed by atoms with E-state index in [2.05, 4.69) is 15.4 Å². The number of hydrogen-bond acceptors (Lipinski definition) is 10. The molecule has 0 spiro atoms. The van der Waals surface area contributed by atoms with Crippen LogP contribution in [0, 0.1) is 5.92 Å². The predicted molar refractivity (Wildman–Crippen MR) is 220 cm³/mol. The lowest BCUT2D eigenvalue weighted by atomic mass is 10.0. The Morgan fingerprint density at radius 1 is 0.931 bits per heavy atom. The van der Waals surface area contributed by atoms with E-state index in [1.165, 1.54) is 4.90 Å². The molecule has 0 bridgehead atoms. The second-order valence-corrected chi connectivity index (χ2v) is 17.4. The van der Waals surface area contributed by atoms with Crippen LogP contribution in [0.5, 0.6) is 11.5 Å². The Morgan fingerprint density at radius 2 is 1.60 bits per heavy atom. The lowest BCUT2D eigenvalue weighted by Gasteiger charge is -2.31. The molecular weight excluding hydrogens is 763 g/mol. The van der Waals surface area contributed by atoms with Gasteiger partial charge in [-0.25, -0.2) is 18.2 Å². The molecule has 1 saturated heterocycles. The highest BCUT2D eigenvalue weighted by molar-refractivity contribution is 7.89. The summed E-state index contributed by atoms with van der Waals surface area (Å²) in [5.74, 6) is -1.91. The van der Waals surface area contributed by atoms with Gasteiger partial charge in [0.25, 0.3) is 5.91 Å². The fourth-order valence-electron chi connectivity index (χ4n) is 6.72. The zero-order chi connectivity index (χ0) is 42.2. The third kappa shape index (κ3) is 11.5. The van der Waals surface area contributed by atoms with Crippen molar-refractivity contribution >= 4 is 44.7 Å². The summed E-state index contributed by atoms with van der Waals surface area (Å²) in [5, 5.41) is 6.09. The maximum absolute atomic E-state index is 14.5. The molecule has 1 aliphatic rings. The minimum absolute atomic E-state index is 0.0161. The third-order valence-corrected chi connectivity index (χ3v) is 10.7. The summed E-state index contributed by atoms with van der Waals surface area (Å²) in [7, 11) is -2.55. The van der Waals surface area contributed by atoms with Crippen LogP contribution in [0.1, 0.15) is 66.4 Å². The molecule has 310 valence electrons. The van der Waals surface area contributed by atoms with Crippen LogP contribution in [0.3, 0.4) is 0 Å². The van der Waals surface area contributed by atoms with E-state index in [1.807, 2.05) is 42.5 Å². The SMILES string of the molecule is CCC[C@H](NC(=O)C1CC(Oc2cc(-c3ccccc3)nc3cc(OC)ccc23)CN1C(=O)[C@@H](NC(=O)OC(C)(C)C)C(C)C)C(=O)NS(=O)(=O)Cc1ccccc1. The Balaban J connectivity index is 1.46. The molecule has 1 aromatic heterocycles. The van der Waals surface area contributed by atoms with Crippen LogP contribution in [0.2, 0.25) is 0 Å². The number of nitrogens with one attached hydrogen (secondary N) is 3. The number of carbonyl (C=O) groups excluding carboxylic acids is 4. The number of amides is 4. The Hall–Kier alpha value is -5.70. The number of methoxy groups -OCH3 is 1. The van der Waals surface area contributed by atoms with Gasteiger partial charge in [-0.2, -0.15) is 0 Å². The Morgan fingerprint density at radius 3 is 2.22 bits per heavy atom. The lowest BCUT2D eigenvalue weighted by molar-refractivity contribution is -0.141. The van der Waals surface area contributed by atoms with Crippen LogP contribution < -0.4 is 24.8 Å². The maximum Gasteiger partial charge on any atom is 0.408 e. The number of hydrogen-bond donors (Lipinski definition) is 3. The Kier molecular flexibility index (Phi) is 14.0. The van der Waals surface area contributed by atoms with Crippen LogP contribution in [0.15, 0.2) is 84.9 Å². The third-order valence-electron chi connectivity index (χ3n) is 9.46. The first-order chi connectivity index (χ1) is 27.5. The van der Waals surface area contributed by atoms with Crippen LogP contribution in [-0.4, -0.2) is 85.6 Å². The molecule has 3 N–H and O–H groups in total. The monoisotopic (exact) mass is 815 g/mol. The van der Waals surface area contributed by atoms with Gasteiger partial charge in [-0.15, -0.1) is 0 Å². The molecule has 14 nitrogen and oxygen atoms in total. The van der Waals surface area contributed by atoms with E-state index < -0.39 is 75.3 Å². The summed E-state index contributed by atoms with van der Waals surface area (Å²) >= 11 is 0. The van der Waals surface area contributed by atoms with Crippen molar-refractivity contribution in [3.05, 3.63) is 90.5 Å². The van der Waals surface area contributed by atoms with Gasteiger partial charge in [-0.3, -0.25) is 19.1 Å². The fourth-order valence-corrected chi connectivity index (χ4v) is 7.87. The number of sulfonamides is 1. The lowest BCUT2D eigenvalue weighted by Crippen LogP contribution is -2.57. The molecule has 58 heavy (non-hydrogen) atoms. The molecule has 5 rings (SSSR count). The number of fused-ring (bicyclic) bond motifs is 1. The summed E-state index contributed by atoms with van der Waals surface area (Å²) in [4.78, 5) is 61.4. The van der Waals surface area contributed by atoms with Crippen molar-refractivity contribution in [2.45, 2.75) is 96.4 Å². The molecule has 1 aliphatic heterocycles. The first-order valence-electron chi connectivity index (χ1n) is 19.4. The van der Waals surface area contributed by atoms with Gasteiger partial charge in [0.05, 0.1) is 30.6 Å². The van der Waals surface area contributed by atoms with E-state index >= 15 is 0 Å². The molecule has 1 fully saturated rings. The van der Waals surface area contributed by atoms with E-state index in [0.717, 1.165) is 5.56 Å². The number of benzene rings is 3. The summed E-state index contributed by atoms with van der Waals surface area (Å²) in [5.41, 5.74) is 1.74. The molecule has 0 aliphatic carbocycles. The van der Waals surface area contributed by atoms with Crippen LogP contribution >= 0.6 is 0 Å². The number of carbonyl (C=O) groups is 4. The quantitative estimate of drug-likeness (QED) is 0.134. The van der Waals surface area contributed by atoms with Crippen LogP contribution in [0.4, 0.5) is 4.79 Å². The van der Waals surface area contributed by atoms with Gasteiger partial charge in [-0.05, 0) is 50.8 Å². The average Bonchev–Trinajstić information content (AvgIpc) is 3.59. The minimum atomic E-state index is -4.11. The van der Waals surface area contributed by atoms with Crippen molar-refractivity contribution in [2.75, 3.05) is 13.7 Å². The number of rotatable bonds is 15. The number of nitrogens with zero attached hydrogens (tertiary/aromatic N) is 2. The van der Waals surface area contributed by atoms with Crippen molar-refractivity contribution in [2.24, 2.45) is 5.92 Å². The van der Waals surface area contributed by atoms with Crippen molar-refractivity contribution in [1.82, 2.24) is 25.2 Å². The van der Waals surface area contributed by atoms with Gasteiger partial charge in [0.2, 0.25) is 21.8 Å². The smallest absolute Gasteiger partial charge is 0.408 e. The minimum Gasteiger partial charge on any atom is -0.497 e. The van der Waals surface area contributed by atoms with E-state index in [0.29, 0.717) is 40.1 Å². The normalized spacial score (nSPS) is 16.7. The molecule has 2 unspecified atom stereocenters. The zero-order valence-electron chi connectivity index (χ0n) is 34.0. The summed E-state index contributed by atoms with van der Waals surface area (Å²) in [6.07, 6.45) is -0.939. The second kappa shape index (κ2) is 18.7. The Bertz CT molecular complexity index is 2190. The topological polar surface area (TPSA) is 182 Å². The summed E-state index contributed by atoms with van der Waals surface area (Å²) < 4.78 is 45.7. The van der Waals surface area contributed by atoms with E-state index in [1.54, 1.807) is 91.1 Å². The van der Waals surface area contributed by atoms with Crippen LogP contribution in [0.25, 0.3) is 22.2 Å². The standard InChI is InChI=1S/C43H53N5O9S/c1-8-15-33(39(49)47-58(53,54)26-28-16-11-9-12-17-28)45-40(50)36-23-31(25-48(36)41(51)38(27(2)3)46-42(52)57-43(4,5)6)56-37-24-34(29-18-13-10-14-19-29)44-35-22-30(55-7)20-21-32(35)37/h9-14,16-22,24,27,31,33,36,38H,8,15,23,25-26H2,1-7H3,(H,45,50)(H,46,52)(H,47,49)/t31?,33-,36?,38-/m0/s1. The predicted octanol–water partition coefficient (Wildman–Crippen LogP) is 5.74. The average molecular weight is 816 g/mol. The molecule has 4 amide bonds. The van der Waals surface area contributed by atoms with Gasteiger partial charge >= 0.3 is 6.09 Å². The molecule has 0 saturated carbocycles. The van der Waals surface area contributed by atoms with Gasteiger partial charge in [0, 0.05) is 29.5 Å². The number of ether oxygens (including phenoxy) is 3. The summed E-state index contributed by atoms with van der Waals surface area (Å²) in [6, 6.07) is 21.7. The van der Waals surface area contributed by atoms with Crippen LogP contribution in [-0.2, 0) is 34.9 Å². The Labute approximate surface area is 340 Å². The van der Waals surface area contributed by atoms with E-state index in [9.17, 15) is 27.6 Å². The maximum atomic E-state index is 14.5. The van der Waals surface area contributed by atoms with Gasteiger partial charge in [0.1, 0.15) is 41.3 Å². The number of alkyl carbamates (subject to hydrolysis) is 1. The van der Waals surface area contributed by atoms with Gasteiger partial charge < -0.3 is 29.7 Å². The molecule has 0 radical (unpaired) electrons. The van der Waals surface area contributed by atoms with Crippen molar-refractivity contribution < 1.29 is 41.8 Å². The largest absolute Gasteiger partial charge is 0.497 e. The highest BCUT2D eigenvalue weighted by Gasteiger charge is 2.45. The summed E-state index contributed by atoms with van der Waals surface area (Å²) in [6.45, 7) is 10.4. The van der Waals surface area contributed by atoms with Crippen molar-refractivity contribution in [3.8, 4) is 22.8 Å². The van der Waals surface area contributed by atoms with E-state index in [-0.39, 0.29) is 19.4 Å².